The predicted molar refractivity (Wildman–Crippen MR) is 82.7 cm³/mol. The van der Waals surface area contributed by atoms with Crippen LogP contribution in [0.4, 0.5) is 0 Å². The Hall–Kier alpha value is -1.27. The first-order chi connectivity index (χ1) is 10.0. The van der Waals surface area contributed by atoms with Gasteiger partial charge in [0.05, 0.1) is 18.7 Å². The van der Waals surface area contributed by atoms with Gasteiger partial charge < -0.3 is 19.5 Å². The van der Waals surface area contributed by atoms with E-state index in [4.69, 9.17) is 9.47 Å². The van der Waals surface area contributed by atoms with Gasteiger partial charge >= 0.3 is 5.97 Å². The van der Waals surface area contributed by atoms with Crippen molar-refractivity contribution in [1.82, 2.24) is 5.32 Å². The zero-order valence-corrected chi connectivity index (χ0v) is 14.0. The molecule has 1 aromatic rings. The van der Waals surface area contributed by atoms with Gasteiger partial charge in [-0.15, -0.1) is 0 Å². The fourth-order valence-corrected chi connectivity index (χ4v) is 2.51. The molecular formula is C15H20BrNO4. The molecule has 0 aromatic heterocycles. The summed E-state index contributed by atoms with van der Waals surface area (Å²) in [5.41, 5.74) is 1.10. The van der Waals surface area contributed by atoms with Gasteiger partial charge in [-0.1, -0.05) is 0 Å². The molecule has 5 nitrogen and oxygen atoms in total. The number of ether oxygens (including phenoxy) is 3. The molecule has 2 rings (SSSR count). The summed E-state index contributed by atoms with van der Waals surface area (Å²) in [6.45, 7) is 2.42. The largest absolute Gasteiger partial charge is 0.493 e. The molecule has 0 amide bonds. The Balaban J connectivity index is 2.13. The highest BCUT2D eigenvalue weighted by Gasteiger charge is 2.22. The van der Waals surface area contributed by atoms with Gasteiger partial charge in [-0.05, 0) is 53.4 Å². The van der Waals surface area contributed by atoms with E-state index in [1.165, 1.54) is 20.0 Å². The minimum absolute atomic E-state index is 0.427. The first-order valence-corrected chi connectivity index (χ1v) is 7.68. The Labute approximate surface area is 133 Å². The van der Waals surface area contributed by atoms with E-state index in [9.17, 15) is 4.79 Å². The predicted octanol–water partition coefficient (Wildman–Crippen LogP) is 2.65. The number of carbonyl (C=O) groups excluding carboxylic acids is 1. The molecule has 0 saturated heterocycles. The van der Waals surface area contributed by atoms with Crippen molar-refractivity contribution < 1.29 is 19.0 Å². The van der Waals surface area contributed by atoms with Crippen molar-refractivity contribution in [2.45, 2.75) is 38.5 Å². The summed E-state index contributed by atoms with van der Waals surface area (Å²) in [5.74, 6) is 0.668. The summed E-state index contributed by atoms with van der Waals surface area (Å²) in [7, 11) is 2.91. The van der Waals surface area contributed by atoms with Gasteiger partial charge in [0.15, 0.2) is 17.6 Å². The third-order valence-electron chi connectivity index (χ3n) is 3.29. The molecule has 0 aliphatic heterocycles. The molecule has 1 atom stereocenters. The lowest BCUT2D eigenvalue weighted by molar-refractivity contribution is -0.147. The van der Waals surface area contributed by atoms with Crippen molar-refractivity contribution >= 4 is 21.9 Å². The second-order valence-corrected chi connectivity index (χ2v) is 5.90. The molecule has 0 radical (unpaired) electrons. The summed E-state index contributed by atoms with van der Waals surface area (Å²) in [6, 6.07) is 4.53. The van der Waals surface area contributed by atoms with Gasteiger partial charge in [0.1, 0.15) is 0 Å². The molecule has 1 aliphatic carbocycles. The van der Waals surface area contributed by atoms with E-state index in [-0.39, 0.29) is 0 Å². The molecule has 1 aliphatic rings. The first-order valence-electron chi connectivity index (χ1n) is 6.89. The standard InChI is InChI=1S/C15H20BrNO4/c1-9(15(18)20-3)21-14-12(16)6-10(7-13(14)19-2)8-17-11-4-5-11/h6-7,9,11,17H,4-5,8H2,1-3H3. The second kappa shape index (κ2) is 7.13. The van der Waals surface area contributed by atoms with E-state index in [2.05, 4.69) is 26.0 Å². The third kappa shape index (κ3) is 4.35. The van der Waals surface area contributed by atoms with Crippen LogP contribution < -0.4 is 14.8 Å². The van der Waals surface area contributed by atoms with E-state index in [1.807, 2.05) is 12.1 Å². The van der Waals surface area contributed by atoms with Crippen LogP contribution in [-0.4, -0.2) is 32.3 Å². The Morgan fingerprint density at radius 3 is 2.71 bits per heavy atom. The van der Waals surface area contributed by atoms with Gasteiger partial charge in [-0.3, -0.25) is 0 Å². The van der Waals surface area contributed by atoms with Gasteiger partial charge in [0.2, 0.25) is 0 Å². The number of methoxy groups -OCH3 is 2. The van der Waals surface area contributed by atoms with Crippen molar-refractivity contribution in [3.63, 3.8) is 0 Å². The van der Waals surface area contributed by atoms with Crippen LogP contribution in [0.1, 0.15) is 25.3 Å². The molecular weight excluding hydrogens is 338 g/mol. The number of rotatable bonds is 7. The van der Waals surface area contributed by atoms with Gasteiger partial charge in [-0.25, -0.2) is 4.79 Å². The van der Waals surface area contributed by atoms with E-state index in [0.717, 1.165) is 16.6 Å². The highest BCUT2D eigenvalue weighted by atomic mass is 79.9. The monoisotopic (exact) mass is 357 g/mol. The van der Waals surface area contributed by atoms with Crippen LogP contribution in [0.3, 0.4) is 0 Å². The fourth-order valence-electron chi connectivity index (χ4n) is 1.93. The second-order valence-electron chi connectivity index (χ2n) is 5.05. The molecule has 1 fully saturated rings. The summed E-state index contributed by atoms with van der Waals surface area (Å²) in [5, 5.41) is 3.45. The maximum atomic E-state index is 11.5. The summed E-state index contributed by atoms with van der Waals surface area (Å²) in [6.07, 6.45) is 1.79. The molecule has 6 heteroatoms. The average Bonchev–Trinajstić information content (AvgIpc) is 3.30. The van der Waals surface area contributed by atoms with Crippen LogP contribution in [0.2, 0.25) is 0 Å². The molecule has 0 bridgehead atoms. The Kier molecular flexibility index (Phi) is 5.47. The average molecular weight is 358 g/mol. The van der Waals surface area contributed by atoms with E-state index < -0.39 is 12.1 Å². The SMILES string of the molecule is COC(=O)C(C)Oc1c(Br)cc(CNC2CC2)cc1OC. The molecule has 0 heterocycles. The topological polar surface area (TPSA) is 56.8 Å². The summed E-state index contributed by atoms with van der Waals surface area (Å²) in [4.78, 5) is 11.5. The summed E-state index contributed by atoms with van der Waals surface area (Å²) >= 11 is 3.48. The van der Waals surface area contributed by atoms with Crippen LogP contribution >= 0.6 is 15.9 Å². The number of halogens is 1. The zero-order valence-electron chi connectivity index (χ0n) is 12.4. The first kappa shape index (κ1) is 16.1. The van der Waals surface area contributed by atoms with Crippen LogP contribution in [0.5, 0.6) is 11.5 Å². The summed E-state index contributed by atoms with van der Waals surface area (Å²) < 4.78 is 16.4. The molecule has 1 unspecified atom stereocenters. The van der Waals surface area contributed by atoms with Crippen molar-refractivity contribution in [1.29, 1.82) is 0 Å². The fraction of sp³-hybridized carbons (Fsp3) is 0.533. The van der Waals surface area contributed by atoms with Gasteiger partial charge in [-0.2, -0.15) is 0 Å². The lowest BCUT2D eigenvalue weighted by Crippen LogP contribution is -2.25. The Bertz CT molecular complexity index is 517. The quantitative estimate of drug-likeness (QED) is 0.760. The third-order valence-corrected chi connectivity index (χ3v) is 3.88. The lowest BCUT2D eigenvalue weighted by atomic mass is 10.2. The number of carbonyl (C=O) groups is 1. The van der Waals surface area contributed by atoms with Gasteiger partial charge in [0, 0.05) is 12.6 Å². The molecule has 116 valence electrons. The highest BCUT2D eigenvalue weighted by molar-refractivity contribution is 9.10. The molecule has 21 heavy (non-hydrogen) atoms. The van der Waals surface area contributed by atoms with Crippen molar-refractivity contribution in [3.8, 4) is 11.5 Å². The zero-order chi connectivity index (χ0) is 15.4. The van der Waals surface area contributed by atoms with Crippen molar-refractivity contribution in [2.75, 3.05) is 14.2 Å². The maximum Gasteiger partial charge on any atom is 0.346 e. The van der Waals surface area contributed by atoms with Gasteiger partial charge in [0.25, 0.3) is 0 Å². The van der Waals surface area contributed by atoms with E-state index >= 15 is 0 Å². The van der Waals surface area contributed by atoms with E-state index in [0.29, 0.717) is 17.5 Å². The number of benzene rings is 1. The number of hydrogen-bond acceptors (Lipinski definition) is 5. The highest BCUT2D eigenvalue weighted by Crippen LogP contribution is 2.37. The molecule has 1 aromatic carbocycles. The lowest BCUT2D eigenvalue weighted by Gasteiger charge is -2.17. The van der Waals surface area contributed by atoms with Crippen LogP contribution in [-0.2, 0) is 16.1 Å². The Morgan fingerprint density at radius 1 is 1.43 bits per heavy atom. The van der Waals surface area contributed by atoms with Crippen molar-refractivity contribution in [3.05, 3.63) is 22.2 Å². The molecule has 1 N–H and O–H groups in total. The van der Waals surface area contributed by atoms with Crippen LogP contribution in [0, 0.1) is 0 Å². The Morgan fingerprint density at radius 2 is 2.14 bits per heavy atom. The molecule has 1 saturated carbocycles. The van der Waals surface area contributed by atoms with Crippen LogP contribution in [0.25, 0.3) is 0 Å². The van der Waals surface area contributed by atoms with Crippen molar-refractivity contribution in [2.24, 2.45) is 0 Å². The number of esters is 1. The number of hydrogen-bond donors (Lipinski definition) is 1. The normalized spacial score (nSPS) is 15.4. The molecule has 0 spiro atoms. The smallest absolute Gasteiger partial charge is 0.346 e. The maximum absolute atomic E-state index is 11.5. The minimum Gasteiger partial charge on any atom is -0.493 e. The van der Waals surface area contributed by atoms with E-state index in [1.54, 1.807) is 14.0 Å². The minimum atomic E-state index is -0.698. The van der Waals surface area contributed by atoms with Crippen LogP contribution in [0.15, 0.2) is 16.6 Å². The number of nitrogens with one attached hydrogen (secondary N) is 1.